The van der Waals surface area contributed by atoms with Crippen LogP contribution in [0.2, 0.25) is 0 Å². The number of nitrogens with zero attached hydrogens (tertiary/aromatic N) is 2. The van der Waals surface area contributed by atoms with Crippen molar-refractivity contribution < 1.29 is 9.90 Å². The fourth-order valence-corrected chi connectivity index (χ4v) is 3.56. The number of hydrogen-bond acceptors (Lipinski definition) is 3. The number of carboxylic acids is 1. The van der Waals surface area contributed by atoms with Crippen LogP contribution in [0.25, 0.3) is 0 Å². The molecule has 0 saturated carbocycles. The van der Waals surface area contributed by atoms with Crippen molar-refractivity contribution in [1.82, 2.24) is 9.80 Å². The summed E-state index contributed by atoms with van der Waals surface area (Å²) in [7, 11) is 0. The van der Waals surface area contributed by atoms with Crippen molar-refractivity contribution >= 4 is 5.97 Å². The Kier molecular flexibility index (Phi) is 3.70. The summed E-state index contributed by atoms with van der Waals surface area (Å²) in [6, 6.07) is 0. The lowest BCUT2D eigenvalue weighted by Crippen LogP contribution is -2.56. The third-order valence-corrected chi connectivity index (χ3v) is 4.71. The van der Waals surface area contributed by atoms with Gasteiger partial charge >= 0.3 is 5.97 Å². The van der Waals surface area contributed by atoms with Crippen molar-refractivity contribution in [2.24, 2.45) is 0 Å². The molecule has 2 fully saturated rings. The Balaban J connectivity index is 2.00. The topological polar surface area (TPSA) is 43.8 Å². The number of piperidine rings is 1. The lowest BCUT2D eigenvalue weighted by molar-refractivity contribution is -0.140. The van der Waals surface area contributed by atoms with Gasteiger partial charge in [-0.25, -0.2) is 0 Å². The van der Waals surface area contributed by atoms with E-state index in [9.17, 15) is 4.79 Å². The van der Waals surface area contributed by atoms with Crippen LogP contribution in [-0.4, -0.2) is 58.1 Å². The molecule has 0 unspecified atom stereocenters. The molecule has 0 bridgehead atoms. The highest BCUT2D eigenvalue weighted by Gasteiger charge is 2.44. The molecule has 0 aromatic rings. The summed E-state index contributed by atoms with van der Waals surface area (Å²) in [5.74, 6) is -0.686. The van der Waals surface area contributed by atoms with E-state index in [4.69, 9.17) is 5.11 Å². The number of carbonyl (C=O) groups is 1. The van der Waals surface area contributed by atoms with E-state index >= 15 is 0 Å². The summed E-state index contributed by atoms with van der Waals surface area (Å²) in [6.45, 7) is 10.1. The highest BCUT2D eigenvalue weighted by atomic mass is 16.4. The van der Waals surface area contributed by atoms with E-state index in [1.165, 1.54) is 6.42 Å². The van der Waals surface area contributed by atoms with Crippen LogP contribution >= 0.6 is 0 Å². The minimum atomic E-state index is -0.686. The second-order valence-electron chi connectivity index (χ2n) is 6.80. The third-order valence-electron chi connectivity index (χ3n) is 4.71. The Morgan fingerprint density at radius 2 is 1.78 bits per heavy atom. The molecule has 104 valence electrons. The molecular formula is C14H26N2O2. The van der Waals surface area contributed by atoms with E-state index in [0.717, 1.165) is 38.9 Å². The van der Waals surface area contributed by atoms with Gasteiger partial charge in [-0.15, -0.1) is 0 Å². The average Bonchev–Trinajstić information content (AvgIpc) is 2.60. The van der Waals surface area contributed by atoms with E-state index < -0.39 is 5.97 Å². The molecule has 0 atom stereocenters. The number of likely N-dealkylation sites (tertiary alicyclic amines) is 2. The van der Waals surface area contributed by atoms with E-state index in [1.807, 2.05) is 0 Å². The molecule has 2 rings (SSSR count). The van der Waals surface area contributed by atoms with Crippen LogP contribution < -0.4 is 0 Å². The maximum atomic E-state index is 11.0. The summed E-state index contributed by atoms with van der Waals surface area (Å²) >= 11 is 0. The zero-order valence-electron chi connectivity index (χ0n) is 11.9. The maximum Gasteiger partial charge on any atom is 0.317 e. The molecule has 1 N–H and O–H groups in total. The molecule has 18 heavy (non-hydrogen) atoms. The molecule has 2 heterocycles. The smallest absolute Gasteiger partial charge is 0.317 e. The van der Waals surface area contributed by atoms with Gasteiger partial charge in [-0.2, -0.15) is 0 Å². The van der Waals surface area contributed by atoms with Crippen LogP contribution in [0.3, 0.4) is 0 Å². The molecule has 2 aliphatic rings. The second-order valence-corrected chi connectivity index (χ2v) is 6.80. The lowest BCUT2D eigenvalue weighted by atomic mass is 9.83. The summed E-state index contributed by atoms with van der Waals surface area (Å²) in [5.41, 5.74) is 0.415. The van der Waals surface area contributed by atoms with Gasteiger partial charge in [0.05, 0.1) is 6.54 Å². The van der Waals surface area contributed by atoms with E-state index in [2.05, 4.69) is 30.6 Å². The predicted octanol–water partition coefficient (Wildman–Crippen LogP) is 1.80. The van der Waals surface area contributed by atoms with Gasteiger partial charge in [0.2, 0.25) is 0 Å². The van der Waals surface area contributed by atoms with Gasteiger partial charge in [0.15, 0.2) is 0 Å². The van der Waals surface area contributed by atoms with Gasteiger partial charge in [-0.05, 0) is 53.0 Å². The molecule has 0 aromatic heterocycles. The first-order valence-corrected chi connectivity index (χ1v) is 7.05. The first-order chi connectivity index (χ1) is 8.33. The summed E-state index contributed by atoms with van der Waals surface area (Å²) < 4.78 is 0. The molecule has 0 aromatic carbocycles. The molecule has 4 heteroatoms. The molecule has 0 radical (unpaired) electrons. The van der Waals surface area contributed by atoms with E-state index in [1.54, 1.807) is 0 Å². The normalized spacial score (nSPS) is 25.7. The number of carboxylic acid groups (broad SMARTS) is 1. The van der Waals surface area contributed by atoms with E-state index in [0.29, 0.717) is 0 Å². The van der Waals surface area contributed by atoms with Crippen LogP contribution in [-0.2, 0) is 4.79 Å². The third kappa shape index (κ3) is 2.69. The van der Waals surface area contributed by atoms with Gasteiger partial charge in [-0.3, -0.25) is 14.6 Å². The Morgan fingerprint density at radius 3 is 2.28 bits per heavy atom. The van der Waals surface area contributed by atoms with E-state index in [-0.39, 0.29) is 17.6 Å². The Labute approximate surface area is 110 Å². The van der Waals surface area contributed by atoms with Gasteiger partial charge in [-0.1, -0.05) is 0 Å². The van der Waals surface area contributed by atoms with Gasteiger partial charge in [0.1, 0.15) is 0 Å². The molecule has 2 aliphatic heterocycles. The Morgan fingerprint density at radius 1 is 1.17 bits per heavy atom. The van der Waals surface area contributed by atoms with Gasteiger partial charge in [0.25, 0.3) is 0 Å². The van der Waals surface area contributed by atoms with Crippen molar-refractivity contribution in [1.29, 1.82) is 0 Å². The zero-order chi connectivity index (χ0) is 13.4. The zero-order valence-corrected chi connectivity index (χ0v) is 11.9. The number of hydrogen-bond donors (Lipinski definition) is 1. The highest BCUT2D eigenvalue weighted by molar-refractivity contribution is 5.69. The molecular weight excluding hydrogens is 228 g/mol. The average molecular weight is 254 g/mol. The van der Waals surface area contributed by atoms with Crippen molar-refractivity contribution in [3.05, 3.63) is 0 Å². The monoisotopic (exact) mass is 254 g/mol. The first kappa shape index (κ1) is 13.8. The molecule has 2 saturated heterocycles. The fraction of sp³-hybridized carbons (Fsp3) is 0.929. The Hall–Kier alpha value is -0.610. The fourth-order valence-electron chi connectivity index (χ4n) is 3.56. The van der Waals surface area contributed by atoms with Crippen molar-refractivity contribution in [3.8, 4) is 0 Å². The SMILES string of the molecule is CC(C)(C)N1CCC2(CCCN2CC(=O)O)CC1. The van der Waals surface area contributed by atoms with Crippen LogP contribution in [0.1, 0.15) is 46.5 Å². The number of aliphatic carboxylic acids is 1. The van der Waals surface area contributed by atoms with Crippen LogP contribution in [0.15, 0.2) is 0 Å². The second kappa shape index (κ2) is 4.82. The van der Waals surface area contributed by atoms with Crippen molar-refractivity contribution in [3.63, 3.8) is 0 Å². The highest BCUT2D eigenvalue weighted by Crippen LogP contribution is 2.39. The van der Waals surface area contributed by atoms with Crippen LogP contribution in [0, 0.1) is 0 Å². The first-order valence-electron chi connectivity index (χ1n) is 7.05. The van der Waals surface area contributed by atoms with Gasteiger partial charge < -0.3 is 5.11 Å². The van der Waals surface area contributed by atoms with Crippen molar-refractivity contribution in [2.75, 3.05) is 26.2 Å². The Bertz CT molecular complexity index is 314. The molecule has 1 spiro atoms. The lowest BCUT2D eigenvalue weighted by Gasteiger charge is -2.48. The summed E-state index contributed by atoms with van der Waals surface area (Å²) in [6.07, 6.45) is 4.58. The molecule has 0 amide bonds. The van der Waals surface area contributed by atoms with Crippen molar-refractivity contribution in [2.45, 2.75) is 57.5 Å². The molecule has 4 nitrogen and oxygen atoms in total. The van der Waals surface area contributed by atoms with Crippen LogP contribution in [0.5, 0.6) is 0 Å². The minimum Gasteiger partial charge on any atom is -0.480 e. The predicted molar refractivity (Wildman–Crippen MR) is 71.7 cm³/mol. The van der Waals surface area contributed by atoms with Gasteiger partial charge in [0, 0.05) is 24.2 Å². The summed E-state index contributed by atoms with van der Waals surface area (Å²) in [5, 5.41) is 9.02. The quantitative estimate of drug-likeness (QED) is 0.816. The standard InChI is InChI=1S/C14H26N2O2/c1-13(2,3)15-9-6-14(7-10-15)5-4-8-16(14)11-12(17)18/h4-11H2,1-3H3,(H,17,18). The minimum absolute atomic E-state index is 0.181. The maximum absolute atomic E-state index is 11.0. The number of rotatable bonds is 2. The summed E-state index contributed by atoms with van der Waals surface area (Å²) in [4.78, 5) is 15.7. The molecule has 0 aliphatic carbocycles. The van der Waals surface area contributed by atoms with Crippen LogP contribution in [0.4, 0.5) is 0 Å². The largest absolute Gasteiger partial charge is 0.480 e.